The molecule has 82 valence electrons. The highest BCUT2D eigenvalue weighted by molar-refractivity contribution is 7.07. The van der Waals surface area contributed by atoms with Crippen molar-refractivity contribution in [2.75, 3.05) is 0 Å². The van der Waals surface area contributed by atoms with Gasteiger partial charge < -0.3 is 0 Å². The zero-order chi connectivity index (χ0) is 10.8. The minimum Gasteiger partial charge on any atom is -0.204 e. The summed E-state index contributed by atoms with van der Waals surface area (Å²) >= 11 is 6.13. The van der Waals surface area contributed by atoms with Crippen molar-refractivity contribution < 1.29 is 8.78 Å². The van der Waals surface area contributed by atoms with Gasteiger partial charge in [-0.2, -0.15) is 11.1 Å². The molecule has 2 rings (SSSR count). The van der Waals surface area contributed by atoms with Crippen molar-refractivity contribution in [1.82, 2.24) is 0 Å². The van der Waals surface area contributed by atoms with Gasteiger partial charge in [0.25, 0.3) is 0 Å². The summed E-state index contributed by atoms with van der Waals surface area (Å²) in [5.74, 6) is -1.13. The van der Waals surface area contributed by atoms with Crippen LogP contribution in [0.15, 0.2) is 18.2 Å². The fourth-order valence-corrected chi connectivity index (χ4v) is 4.73. The van der Waals surface area contributed by atoms with Crippen LogP contribution in [0.5, 0.6) is 0 Å². The molecule has 1 aromatic rings. The van der Waals surface area contributed by atoms with Crippen LogP contribution in [0.25, 0.3) is 0 Å². The van der Waals surface area contributed by atoms with Crippen LogP contribution in [0.3, 0.4) is 0 Å². The van der Waals surface area contributed by atoms with E-state index in [0.29, 0.717) is 5.92 Å². The molecule has 1 heterocycles. The standard InChI is InChI=1S/C11H13ClF2Si/c12-15-5-3-8(4-6-15)9-1-2-10(13)11(14)7-9/h1-2,7-8,15H,3-6H2. The van der Waals surface area contributed by atoms with Gasteiger partial charge in [0.15, 0.2) is 11.6 Å². The topological polar surface area (TPSA) is 0 Å². The van der Waals surface area contributed by atoms with E-state index in [4.69, 9.17) is 11.1 Å². The van der Waals surface area contributed by atoms with Crippen LogP contribution in [0.2, 0.25) is 12.1 Å². The number of hydrogen-bond acceptors (Lipinski definition) is 0. The van der Waals surface area contributed by atoms with Crippen molar-refractivity contribution in [3.63, 3.8) is 0 Å². The van der Waals surface area contributed by atoms with Crippen molar-refractivity contribution in [3.05, 3.63) is 35.4 Å². The Morgan fingerprint density at radius 1 is 1.13 bits per heavy atom. The Kier molecular flexibility index (Phi) is 3.41. The highest BCUT2D eigenvalue weighted by Gasteiger charge is 2.22. The van der Waals surface area contributed by atoms with Crippen LogP contribution >= 0.6 is 11.1 Å². The number of benzene rings is 1. The summed E-state index contributed by atoms with van der Waals surface area (Å²) in [6, 6.07) is 6.45. The molecule has 15 heavy (non-hydrogen) atoms. The second-order valence-corrected chi connectivity index (χ2v) is 8.32. The van der Waals surface area contributed by atoms with Gasteiger partial charge in [0, 0.05) is 0 Å². The molecule has 0 atom stereocenters. The van der Waals surface area contributed by atoms with Crippen LogP contribution in [-0.2, 0) is 0 Å². The second kappa shape index (κ2) is 4.62. The van der Waals surface area contributed by atoms with E-state index >= 15 is 0 Å². The van der Waals surface area contributed by atoms with Crippen LogP contribution in [0, 0.1) is 11.6 Å². The minimum absolute atomic E-state index is 0.377. The van der Waals surface area contributed by atoms with Crippen molar-refractivity contribution >= 4 is 19.2 Å². The fraction of sp³-hybridized carbons (Fsp3) is 0.455. The molecule has 0 unspecified atom stereocenters. The molecule has 0 spiro atoms. The SMILES string of the molecule is Fc1ccc(C2CC[SiH](Cl)CC2)cc1F. The van der Waals surface area contributed by atoms with Gasteiger partial charge in [-0.1, -0.05) is 6.07 Å². The van der Waals surface area contributed by atoms with E-state index in [-0.39, 0.29) is 0 Å². The van der Waals surface area contributed by atoms with Crippen LogP contribution < -0.4 is 0 Å². The van der Waals surface area contributed by atoms with E-state index in [1.807, 2.05) is 0 Å². The maximum absolute atomic E-state index is 13.0. The molecule has 1 saturated heterocycles. The van der Waals surface area contributed by atoms with Gasteiger partial charge in [-0.15, -0.1) is 0 Å². The highest BCUT2D eigenvalue weighted by Crippen LogP contribution is 2.34. The van der Waals surface area contributed by atoms with Gasteiger partial charge in [-0.05, 0) is 48.5 Å². The zero-order valence-electron chi connectivity index (χ0n) is 8.35. The molecule has 0 radical (unpaired) electrons. The predicted molar refractivity (Wildman–Crippen MR) is 60.9 cm³/mol. The monoisotopic (exact) mass is 246 g/mol. The smallest absolute Gasteiger partial charge is 0.159 e. The molecule has 0 saturated carbocycles. The fourth-order valence-electron chi connectivity index (χ4n) is 2.15. The summed E-state index contributed by atoms with van der Waals surface area (Å²) in [6.07, 6.45) is 2.07. The van der Waals surface area contributed by atoms with E-state index in [1.54, 1.807) is 6.07 Å². The third-order valence-corrected chi connectivity index (χ3v) is 6.30. The summed E-state index contributed by atoms with van der Waals surface area (Å²) in [4.78, 5) is 0. The Hall–Kier alpha value is -0.413. The molecule has 1 aliphatic heterocycles. The first-order chi connectivity index (χ1) is 7.16. The molecule has 0 amide bonds. The van der Waals surface area contributed by atoms with Crippen molar-refractivity contribution in [3.8, 4) is 0 Å². The molecule has 4 heteroatoms. The predicted octanol–water partition coefficient (Wildman–Crippen LogP) is 3.80. The maximum Gasteiger partial charge on any atom is 0.159 e. The second-order valence-electron chi connectivity index (χ2n) is 4.12. The Labute approximate surface area is 94.6 Å². The van der Waals surface area contributed by atoms with E-state index < -0.39 is 19.7 Å². The minimum atomic E-state index is -0.974. The Morgan fingerprint density at radius 2 is 1.80 bits per heavy atom. The first-order valence-electron chi connectivity index (χ1n) is 5.26. The molecule has 0 aliphatic carbocycles. The average Bonchev–Trinajstić information content (AvgIpc) is 2.23. The Morgan fingerprint density at radius 3 is 2.40 bits per heavy atom. The molecule has 0 bridgehead atoms. The molecule has 0 aromatic heterocycles. The van der Waals surface area contributed by atoms with Gasteiger partial charge in [-0.3, -0.25) is 0 Å². The molecule has 1 aromatic carbocycles. The van der Waals surface area contributed by atoms with Gasteiger partial charge in [0.2, 0.25) is 0 Å². The normalized spacial score (nSPS) is 26.6. The van der Waals surface area contributed by atoms with Gasteiger partial charge >= 0.3 is 0 Å². The van der Waals surface area contributed by atoms with Crippen LogP contribution in [0.4, 0.5) is 8.78 Å². The first kappa shape index (κ1) is 11.1. The Balaban J connectivity index is 2.12. The third kappa shape index (κ3) is 2.58. The molecule has 0 N–H and O–H groups in total. The van der Waals surface area contributed by atoms with Crippen molar-refractivity contribution in [1.29, 1.82) is 0 Å². The highest BCUT2D eigenvalue weighted by atomic mass is 35.6. The number of rotatable bonds is 1. The van der Waals surface area contributed by atoms with Crippen molar-refractivity contribution in [2.24, 2.45) is 0 Å². The molecular weight excluding hydrogens is 234 g/mol. The summed E-state index contributed by atoms with van der Waals surface area (Å²) in [5.41, 5.74) is 0.923. The number of hydrogen-bond donors (Lipinski definition) is 0. The largest absolute Gasteiger partial charge is 0.204 e. The third-order valence-electron chi connectivity index (χ3n) is 3.07. The van der Waals surface area contributed by atoms with Crippen molar-refractivity contribution in [2.45, 2.75) is 30.8 Å². The lowest BCUT2D eigenvalue weighted by molar-refractivity contribution is 0.502. The Bertz CT molecular complexity index is 348. The van der Waals surface area contributed by atoms with E-state index in [0.717, 1.165) is 30.5 Å². The molecule has 0 nitrogen and oxygen atoms in total. The molecule has 1 aliphatic rings. The summed E-state index contributed by atoms with van der Waals surface area (Å²) in [5, 5.41) is 0. The lowest BCUT2D eigenvalue weighted by Gasteiger charge is -2.24. The average molecular weight is 247 g/mol. The summed E-state index contributed by atoms with van der Waals surface area (Å²) in [7, 11) is -0.974. The van der Waals surface area contributed by atoms with Crippen LogP contribution in [-0.4, -0.2) is 8.11 Å². The lowest BCUT2D eigenvalue weighted by atomic mass is 9.93. The van der Waals surface area contributed by atoms with E-state index in [1.165, 1.54) is 12.1 Å². The number of halogens is 3. The van der Waals surface area contributed by atoms with Gasteiger partial charge in [-0.25, -0.2) is 8.78 Å². The lowest BCUT2D eigenvalue weighted by Crippen LogP contribution is -2.15. The summed E-state index contributed by atoms with van der Waals surface area (Å²) in [6.45, 7) is 0. The molecule has 1 fully saturated rings. The zero-order valence-corrected chi connectivity index (χ0v) is 10.3. The van der Waals surface area contributed by atoms with Gasteiger partial charge in [0.1, 0.15) is 8.11 Å². The quantitative estimate of drug-likeness (QED) is 0.522. The van der Waals surface area contributed by atoms with Gasteiger partial charge in [0.05, 0.1) is 0 Å². The van der Waals surface area contributed by atoms with Crippen LogP contribution in [0.1, 0.15) is 24.3 Å². The maximum atomic E-state index is 13.0. The van der Waals surface area contributed by atoms with E-state index in [9.17, 15) is 8.78 Å². The van der Waals surface area contributed by atoms with E-state index in [2.05, 4.69) is 0 Å². The molecular formula is C11H13ClF2Si. The summed E-state index contributed by atoms with van der Waals surface area (Å²) < 4.78 is 25.8. The first-order valence-corrected chi connectivity index (χ1v) is 8.63.